The molecular formula is C20H21ClN2O3. The largest absolute Gasteiger partial charge is 0.454 e. The molecule has 1 amide bonds. The van der Waals surface area contributed by atoms with E-state index in [-0.39, 0.29) is 18.7 Å². The molecule has 4 rings (SSSR count). The highest BCUT2D eigenvalue weighted by molar-refractivity contribution is 6.33. The molecule has 0 spiro atoms. The van der Waals surface area contributed by atoms with Crippen molar-refractivity contribution in [2.24, 2.45) is 0 Å². The van der Waals surface area contributed by atoms with Crippen LogP contribution in [0.3, 0.4) is 0 Å². The zero-order chi connectivity index (χ0) is 17.9. The Balaban J connectivity index is 1.52. The van der Waals surface area contributed by atoms with Crippen LogP contribution in [0.4, 0.5) is 0 Å². The van der Waals surface area contributed by atoms with Gasteiger partial charge >= 0.3 is 0 Å². The van der Waals surface area contributed by atoms with Crippen molar-refractivity contribution in [1.29, 1.82) is 0 Å². The number of fused-ring (bicyclic) bond motifs is 1. The van der Waals surface area contributed by atoms with Crippen molar-refractivity contribution in [1.82, 2.24) is 10.2 Å². The second-order valence-corrected chi connectivity index (χ2v) is 6.97. The lowest BCUT2D eigenvalue weighted by atomic mass is 10.0. The van der Waals surface area contributed by atoms with Crippen molar-refractivity contribution in [2.45, 2.75) is 18.9 Å². The fourth-order valence-electron chi connectivity index (χ4n) is 3.56. The molecule has 1 fully saturated rings. The van der Waals surface area contributed by atoms with Crippen LogP contribution in [-0.4, -0.2) is 37.2 Å². The van der Waals surface area contributed by atoms with Crippen molar-refractivity contribution >= 4 is 17.5 Å². The first kappa shape index (κ1) is 17.2. The summed E-state index contributed by atoms with van der Waals surface area (Å²) in [5.74, 6) is 1.39. The molecule has 136 valence electrons. The van der Waals surface area contributed by atoms with E-state index in [1.54, 1.807) is 12.1 Å². The minimum absolute atomic E-state index is 0.0958. The zero-order valence-corrected chi connectivity index (χ0v) is 15.2. The van der Waals surface area contributed by atoms with Crippen LogP contribution in [0.2, 0.25) is 5.02 Å². The lowest BCUT2D eigenvalue weighted by Crippen LogP contribution is -2.36. The highest BCUT2D eigenvalue weighted by atomic mass is 35.5. The van der Waals surface area contributed by atoms with Gasteiger partial charge in [-0.05, 0) is 55.8 Å². The Morgan fingerprint density at radius 2 is 1.88 bits per heavy atom. The molecular weight excluding hydrogens is 352 g/mol. The van der Waals surface area contributed by atoms with Crippen LogP contribution < -0.4 is 14.8 Å². The first-order valence-corrected chi connectivity index (χ1v) is 9.26. The van der Waals surface area contributed by atoms with Crippen molar-refractivity contribution in [2.75, 3.05) is 26.4 Å². The second kappa shape index (κ2) is 7.56. The number of hydrogen-bond donors (Lipinski definition) is 1. The second-order valence-electron chi connectivity index (χ2n) is 6.56. The lowest BCUT2D eigenvalue weighted by Gasteiger charge is -2.28. The van der Waals surface area contributed by atoms with Crippen LogP contribution in [0.15, 0.2) is 42.5 Å². The first-order chi connectivity index (χ1) is 12.7. The summed E-state index contributed by atoms with van der Waals surface area (Å²) in [5.41, 5.74) is 1.62. The monoisotopic (exact) mass is 372 g/mol. The van der Waals surface area contributed by atoms with Gasteiger partial charge in [-0.3, -0.25) is 9.69 Å². The molecule has 0 saturated carbocycles. The minimum atomic E-state index is -0.152. The summed E-state index contributed by atoms with van der Waals surface area (Å²) in [4.78, 5) is 15.0. The summed E-state index contributed by atoms with van der Waals surface area (Å²) >= 11 is 6.14. The quantitative estimate of drug-likeness (QED) is 0.870. The number of hydrogen-bond acceptors (Lipinski definition) is 4. The Bertz CT molecular complexity index is 805. The van der Waals surface area contributed by atoms with E-state index in [4.69, 9.17) is 21.1 Å². The molecule has 0 bridgehead atoms. The average Bonchev–Trinajstić information content (AvgIpc) is 3.33. The van der Waals surface area contributed by atoms with Crippen molar-refractivity contribution < 1.29 is 14.3 Å². The average molecular weight is 373 g/mol. The normalized spacial score (nSPS) is 17.3. The molecule has 26 heavy (non-hydrogen) atoms. The number of amides is 1. The van der Waals surface area contributed by atoms with Gasteiger partial charge in [0.1, 0.15) is 0 Å². The number of rotatable bonds is 5. The van der Waals surface area contributed by atoms with Gasteiger partial charge in [-0.25, -0.2) is 0 Å². The molecule has 1 saturated heterocycles. The van der Waals surface area contributed by atoms with Gasteiger partial charge in [0.15, 0.2) is 11.5 Å². The summed E-state index contributed by atoms with van der Waals surface area (Å²) in [6.45, 7) is 2.84. The summed E-state index contributed by atoms with van der Waals surface area (Å²) in [7, 11) is 0. The third-order valence-electron chi connectivity index (χ3n) is 4.94. The smallest absolute Gasteiger partial charge is 0.252 e. The highest BCUT2D eigenvalue weighted by Crippen LogP contribution is 2.36. The summed E-state index contributed by atoms with van der Waals surface area (Å²) in [6.07, 6.45) is 2.36. The lowest BCUT2D eigenvalue weighted by molar-refractivity contribution is 0.0938. The van der Waals surface area contributed by atoms with Gasteiger partial charge in [0, 0.05) is 6.54 Å². The van der Waals surface area contributed by atoms with E-state index >= 15 is 0 Å². The van der Waals surface area contributed by atoms with Gasteiger partial charge < -0.3 is 14.8 Å². The molecule has 1 unspecified atom stereocenters. The maximum atomic E-state index is 12.5. The number of halogens is 1. The Labute approximate surface area is 157 Å². The summed E-state index contributed by atoms with van der Waals surface area (Å²) in [5, 5.41) is 3.51. The van der Waals surface area contributed by atoms with Gasteiger partial charge in [-0.2, -0.15) is 0 Å². The molecule has 0 aliphatic carbocycles. The third kappa shape index (κ3) is 3.50. The van der Waals surface area contributed by atoms with Gasteiger partial charge in [-0.1, -0.05) is 29.8 Å². The number of benzene rings is 2. The Hall–Kier alpha value is -2.24. The highest BCUT2D eigenvalue weighted by Gasteiger charge is 2.26. The van der Waals surface area contributed by atoms with E-state index in [0.29, 0.717) is 17.1 Å². The first-order valence-electron chi connectivity index (χ1n) is 8.89. The maximum absolute atomic E-state index is 12.5. The van der Waals surface area contributed by atoms with E-state index in [1.807, 2.05) is 24.3 Å². The van der Waals surface area contributed by atoms with Crippen molar-refractivity contribution in [3.8, 4) is 11.5 Å². The predicted octanol–water partition coefficient (Wildman–Crippen LogP) is 3.64. The Morgan fingerprint density at radius 1 is 1.12 bits per heavy atom. The summed E-state index contributed by atoms with van der Waals surface area (Å²) in [6, 6.07) is 13.2. The molecule has 1 N–H and O–H groups in total. The van der Waals surface area contributed by atoms with Gasteiger partial charge in [0.25, 0.3) is 5.91 Å². The fourth-order valence-corrected chi connectivity index (χ4v) is 3.78. The molecule has 5 nitrogen and oxygen atoms in total. The number of carbonyl (C=O) groups excluding carboxylic acids is 1. The van der Waals surface area contributed by atoms with Crippen molar-refractivity contribution in [3.63, 3.8) is 0 Å². The topological polar surface area (TPSA) is 50.8 Å². The van der Waals surface area contributed by atoms with Crippen LogP contribution in [0.5, 0.6) is 11.5 Å². The third-order valence-corrected chi connectivity index (χ3v) is 5.27. The molecule has 2 aromatic carbocycles. The Kier molecular flexibility index (Phi) is 5.00. The predicted molar refractivity (Wildman–Crippen MR) is 99.9 cm³/mol. The molecule has 2 aliphatic rings. The van der Waals surface area contributed by atoms with E-state index in [9.17, 15) is 4.79 Å². The van der Waals surface area contributed by atoms with Crippen LogP contribution in [0.25, 0.3) is 0 Å². The number of ether oxygens (including phenoxy) is 2. The van der Waals surface area contributed by atoms with Gasteiger partial charge in [-0.15, -0.1) is 0 Å². The molecule has 2 heterocycles. The number of likely N-dealkylation sites (tertiary alicyclic amines) is 1. The molecule has 2 aliphatic heterocycles. The van der Waals surface area contributed by atoms with Gasteiger partial charge in [0.2, 0.25) is 6.79 Å². The molecule has 6 heteroatoms. The molecule has 1 atom stereocenters. The van der Waals surface area contributed by atoms with Crippen LogP contribution in [-0.2, 0) is 0 Å². The SMILES string of the molecule is O=C(NCC(c1ccc2c(c1)OCO2)N1CCCC1)c1ccccc1Cl. The number of carbonyl (C=O) groups is 1. The minimum Gasteiger partial charge on any atom is -0.454 e. The van der Waals surface area contributed by atoms with Crippen LogP contribution in [0.1, 0.15) is 34.8 Å². The molecule has 0 radical (unpaired) electrons. The summed E-state index contributed by atoms with van der Waals surface area (Å²) < 4.78 is 10.9. The molecule has 2 aromatic rings. The number of nitrogens with zero attached hydrogens (tertiary/aromatic N) is 1. The zero-order valence-electron chi connectivity index (χ0n) is 14.4. The maximum Gasteiger partial charge on any atom is 0.252 e. The van der Waals surface area contributed by atoms with Gasteiger partial charge in [0.05, 0.1) is 16.6 Å². The Morgan fingerprint density at radius 3 is 2.69 bits per heavy atom. The fraction of sp³-hybridized carbons (Fsp3) is 0.350. The standard InChI is InChI=1S/C20H21ClN2O3/c21-16-6-2-1-5-15(16)20(24)22-12-17(23-9-3-4-10-23)14-7-8-18-19(11-14)26-13-25-18/h1-2,5-8,11,17H,3-4,9-10,12-13H2,(H,22,24). The number of nitrogens with one attached hydrogen (secondary N) is 1. The van der Waals surface area contributed by atoms with E-state index in [2.05, 4.69) is 16.3 Å². The van der Waals surface area contributed by atoms with E-state index in [0.717, 1.165) is 30.2 Å². The van der Waals surface area contributed by atoms with E-state index < -0.39 is 0 Å². The van der Waals surface area contributed by atoms with Crippen LogP contribution >= 0.6 is 11.6 Å². The molecule has 0 aromatic heterocycles. The van der Waals surface area contributed by atoms with Crippen molar-refractivity contribution in [3.05, 3.63) is 58.6 Å². The van der Waals surface area contributed by atoms with Crippen LogP contribution in [0, 0.1) is 0 Å². The van der Waals surface area contributed by atoms with E-state index in [1.165, 1.54) is 12.8 Å².